The fraction of sp³-hybridized carbons (Fsp3) is 0.182. The van der Waals surface area contributed by atoms with E-state index in [1.54, 1.807) is 24.3 Å². The third kappa shape index (κ3) is 1.66. The lowest BCUT2D eigenvalue weighted by Crippen LogP contribution is -2.36. The number of rotatable bonds is 1. The van der Waals surface area contributed by atoms with Crippen LogP contribution in [0.4, 0.5) is 0 Å². The molecule has 1 atom stereocenters. The van der Waals surface area contributed by atoms with E-state index in [-0.39, 0.29) is 0 Å². The van der Waals surface area contributed by atoms with Gasteiger partial charge < -0.3 is 4.74 Å². The molecule has 0 aliphatic carbocycles. The molecule has 76 valence electrons. The molecule has 1 aromatic carbocycles. The van der Waals surface area contributed by atoms with Crippen molar-refractivity contribution in [3.8, 4) is 0 Å². The van der Waals surface area contributed by atoms with Gasteiger partial charge in [-0.15, -0.1) is 0 Å². The molecule has 0 N–H and O–H groups in total. The zero-order chi connectivity index (χ0) is 10.8. The Labute approximate surface area is 85.9 Å². The molecule has 4 nitrogen and oxygen atoms in total. The summed E-state index contributed by atoms with van der Waals surface area (Å²) >= 11 is 0. The molecule has 2 rings (SSSR count). The number of hydrogen-bond donors (Lipinski definition) is 0. The lowest BCUT2D eigenvalue weighted by Gasteiger charge is -2.09. The summed E-state index contributed by atoms with van der Waals surface area (Å²) < 4.78 is 4.52. The zero-order valence-corrected chi connectivity index (χ0v) is 8.14. The van der Waals surface area contributed by atoms with Gasteiger partial charge in [0.2, 0.25) is 0 Å². The molecule has 0 saturated heterocycles. The van der Waals surface area contributed by atoms with Crippen molar-refractivity contribution in [1.29, 1.82) is 0 Å². The molecular weight excluding hydrogens is 194 g/mol. The normalized spacial score (nSPS) is 18.5. The molecule has 15 heavy (non-hydrogen) atoms. The van der Waals surface area contributed by atoms with Crippen LogP contribution in [0.5, 0.6) is 0 Å². The molecule has 0 spiro atoms. The van der Waals surface area contributed by atoms with E-state index in [9.17, 15) is 9.59 Å². The van der Waals surface area contributed by atoms with Gasteiger partial charge in [-0.3, -0.25) is 9.59 Å². The predicted octanol–water partition coefficient (Wildman–Crippen LogP) is -0.584. The van der Waals surface area contributed by atoms with E-state index in [1.807, 2.05) is 6.07 Å². The minimum absolute atomic E-state index is 0.472. The number of esters is 1. The summed E-state index contributed by atoms with van der Waals surface area (Å²) in [5.41, 5.74) is 0. The molecule has 1 heterocycles. The van der Waals surface area contributed by atoms with Gasteiger partial charge in [-0.2, -0.15) is 0 Å². The average molecular weight is 203 g/mol. The fourth-order valence-corrected chi connectivity index (χ4v) is 1.47. The number of carbonyl (C=O) groups is 2. The van der Waals surface area contributed by atoms with Crippen molar-refractivity contribution in [2.45, 2.75) is 0 Å². The Bertz CT molecular complexity index is 533. The molecule has 1 amide bonds. The van der Waals surface area contributed by atoms with E-state index < -0.39 is 17.8 Å². The Morgan fingerprint density at radius 1 is 1.40 bits per heavy atom. The van der Waals surface area contributed by atoms with Crippen LogP contribution in [-0.4, -0.2) is 19.0 Å². The van der Waals surface area contributed by atoms with Gasteiger partial charge in [0.05, 0.1) is 12.5 Å². The van der Waals surface area contributed by atoms with Crippen LogP contribution in [0.1, 0.15) is 0 Å². The maximum atomic E-state index is 11.5. The third-order valence-electron chi connectivity index (χ3n) is 2.23. The van der Waals surface area contributed by atoms with Crippen LogP contribution in [0, 0.1) is 5.92 Å². The van der Waals surface area contributed by atoms with Crippen molar-refractivity contribution in [3.05, 3.63) is 34.8 Å². The molecule has 0 bridgehead atoms. The first kappa shape index (κ1) is 9.58. The molecule has 1 aromatic rings. The van der Waals surface area contributed by atoms with Gasteiger partial charge in [-0.05, 0) is 11.3 Å². The van der Waals surface area contributed by atoms with Crippen molar-refractivity contribution < 1.29 is 14.3 Å². The molecule has 0 saturated carbocycles. The van der Waals surface area contributed by atoms with E-state index in [4.69, 9.17) is 0 Å². The highest BCUT2D eigenvalue weighted by Crippen LogP contribution is 2.05. The first-order chi connectivity index (χ1) is 7.22. The van der Waals surface area contributed by atoms with Gasteiger partial charge in [0, 0.05) is 0 Å². The Hall–Kier alpha value is -1.97. The maximum absolute atomic E-state index is 11.5. The van der Waals surface area contributed by atoms with Crippen LogP contribution >= 0.6 is 0 Å². The number of carbonyl (C=O) groups excluding carboxylic acids is 2. The second-order valence-electron chi connectivity index (χ2n) is 3.18. The summed E-state index contributed by atoms with van der Waals surface area (Å²) in [6, 6.07) is 7.16. The van der Waals surface area contributed by atoms with Crippen LogP contribution in [-0.2, 0) is 14.3 Å². The summed E-state index contributed by atoms with van der Waals surface area (Å²) in [4.78, 5) is 26.5. The maximum Gasteiger partial charge on any atom is 0.322 e. The predicted molar refractivity (Wildman–Crippen MR) is 52.2 cm³/mol. The Morgan fingerprint density at radius 3 is 2.87 bits per heavy atom. The highest BCUT2D eigenvalue weighted by Gasteiger charge is 2.26. The van der Waals surface area contributed by atoms with Gasteiger partial charge in [-0.25, -0.2) is 4.99 Å². The van der Waals surface area contributed by atoms with Crippen molar-refractivity contribution in [2.75, 3.05) is 7.11 Å². The molecule has 1 aliphatic rings. The highest BCUT2D eigenvalue weighted by molar-refractivity contribution is 6.04. The van der Waals surface area contributed by atoms with Gasteiger partial charge in [0.1, 0.15) is 0 Å². The number of benzene rings is 1. The smallest absolute Gasteiger partial charge is 0.322 e. The summed E-state index contributed by atoms with van der Waals surface area (Å²) in [6.45, 7) is 0. The van der Waals surface area contributed by atoms with Gasteiger partial charge in [0.25, 0.3) is 5.91 Å². The van der Waals surface area contributed by atoms with Gasteiger partial charge in [0.15, 0.2) is 5.92 Å². The van der Waals surface area contributed by atoms with Crippen molar-refractivity contribution in [2.24, 2.45) is 10.9 Å². The van der Waals surface area contributed by atoms with Crippen LogP contribution in [0.25, 0.3) is 6.08 Å². The van der Waals surface area contributed by atoms with E-state index >= 15 is 0 Å². The van der Waals surface area contributed by atoms with E-state index in [2.05, 4.69) is 9.73 Å². The molecule has 1 unspecified atom stereocenters. The molecule has 0 aromatic heterocycles. The fourth-order valence-electron chi connectivity index (χ4n) is 1.47. The SMILES string of the molecule is COC(=O)C1C=c2ccccc2=NC1=O. The van der Waals surface area contributed by atoms with Crippen molar-refractivity contribution in [3.63, 3.8) is 0 Å². The number of nitrogens with zero attached hydrogens (tertiary/aromatic N) is 1. The largest absolute Gasteiger partial charge is 0.468 e. The number of amides is 1. The first-order valence-electron chi connectivity index (χ1n) is 4.49. The Kier molecular flexibility index (Phi) is 2.33. The van der Waals surface area contributed by atoms with Crippen LogP contribution in [0.3, 0.4) is 0 Å². The molecule has 1 aliphatic heterocycles. The van der Waals surface area contributed by atoms with Crippen molar-refractivity contribution >= 4 is 18.0 Å². The third-order valence-corrected chi connectivity index (χ3v) is 2.23. The number of fused-ring (bicyclic) bond motifs is 1. The first-order valence-corrected chi connectivity index (χ1v) is 4.49. The van der Waals surface area contributed by atoms with Crippen LogP contribution in [0.2, 0.25) is 0 Å². The minimum Gasteiger partial charge on any atom is -0.468 e. The minimum atomic E-state index is -0.898. The molecular formula is C11H9NO3. The second-order valence-corrected chi connectivity index (χ2v) is 3.18. The van der Waals surface area contributed by atoms with Gasteiger partial charge in [-0.1, -0.05) is 24.3 Å². The quantitative estimate of drug-likeness (QED) is 0.453. The molecule has 4 heteroatoms. The van der Waals surface area contributed by atoms with Crippen LogP contribution in [0.15, 0.2) is 29.3 Å². The Balaban J connectivity index is 2.56. The standard InChI is InChI=1S/C11H9NO3/c1-15-11(14)8-6-7-4-2-3-5-9(7)12-10(8)13/h2-6,8H,1H3. The zero-order valence-electron chi connectivity index (χ0n) is 8.14. The van der Waals surface area contributed by atoms with E-state index in [0.717, 1.165) is 5.22 Å². The lowest BCUT2D eigenvalue weighted by molar-refractivity contribution is -0.146. The summed E-state index contributed by atoms with van der Waals surface area (Å²) in [5.74, 6) is -1.94. The van der Waals surface area contributed by atoms with E-state index in [1.165, 1.54) is 7.11 Å². The highest BCUT2D eigenvalue weighted by atomic mass is 16.5. The number of para-hydroxylation sites is 1. The second kappa shape index (κ2) is 3.65. The Morgan fingerprint density at radius 2 is 2.13 bits per heavy atom. The van der Waals surface area contributed by atoms with Gasteiger partial charge >= 0.3 is 5.97 Å². The number of hydrogen-bond acceptors (Lipinski definition) is 3. The average Bonchev–Trinajstić information content (AvgIpc) is 2.27. The van der Waals surface area contributed by atoms with Crippen LogP contribution < -0.4 is 10.6 Å². The van der Waals surface area contributed by atoms with Crippen molar-refractivity contribution in [1.82, 2.24) is 0 Å². The summed E-state index contributed by atoms with van der Waals surface area (Å²) in [5, 5.41) is 1.38. The topological polar surface area (TPSA) is 55.7 Å². The molecule has 0 fully saturated rings. The lowest BCUT2D eigenvalue weighted by atomic mass is 10.0. The molecule has 0 radical (unpaired) electrons. The summed E-state index contributed by atoms with van der Waals surface area (Å²) in [6.07, 6.45) is 1.58. The number of ether oxygens (including phenoxy) is 1. The summed E-state index contributed by atoms with van der Waals surface area (Å²) in [7, 11) is 1.25. The monoisotopic (exact) mass is 203 g/mol. The van der Waals surface area contributed by atoms with E-state index in [0.29, 0.717) is 5.36 Å². The number of methoxy groups -OCH3 is 1.